The van der Waals surface area contributed by atoms with Crippen LogP contribution in [0.1, 0.15) is 90.2 Å². The summed E-state index contributed by atoms with van der Waals surface area (Å²) in [4.78, 5) is 64.7. The molecule has 1 aliphatic heterocycles. The number of benzene rings is 4. The van der Waals surface area contributed by atoms with Gasteiger partial charge in [0, 0.05) is 36.8 Å². The zero-order chi connectivity index (χ0) is 49.0. The number of halogens is 3. The average molecular weight is 940 g/mol. The first-order chi connectivity index (χ1) is 32.6. The second kappa shape index (κ2) is 23.3. The van der Waals surface area contributed by atoms with Gasteiger partial charge in [0.1, 0.15) is 54.4 Å². The summed E-state index contributed by atoms with van der Waals surface area (Å²) in [6.45, 7) is 4.33. The molecule has 1 aromatic heterocycles. The minimum atomic E-state index is -4.74. The number of aryl methyl sites for hydroxylation is 1. The van der Waals surface area contributed by atoms with E-state index in [0.29, 0.717) is 51.9 Å². The Hall–Kier alpha value is -6.76. The smallest absolute Gasteiger partial charge is 0.432 e. The molecular weight excluding hydrogens is 880 g/mol. The molecule has 0 saturated carbocycles. The fourth-order valence-electron chi connectivity index (χ4n) is 8.00. The van der Waals surface area contributed by atoms with Crippen LogP contribution in [-0.2, 0) is 33.4 Å². The number of likely N-dealkylation sites (N-methyl/N-ethyl adjacent to an activating group) is 1. The average Bonchev–Trinajstić information content (AvgIpc) is 3.85. The van der Waals surface area contributed by atoms with Gasteiger partial charge in [0.15, 0.2) is 0 Å². The highest BCUT2D eigenvalue weighted by Crippen LogP contribution is 2.41. The van der Waals surface area contributed by atoms with Crippen molar-refractivity contribution in [2.75, 3.05) is 39.9 Å². The van der Waals surface area contributed by atoms with Crippen LogP contribution in [0.3, 0.4) is 0 Å². The van der Waals surface area contributed by atoms with Crippen LogP contribution < -0.4 is 42.6 Å². The van der Waals surface area contributed by atoms with Crippen molar-refractivity contribution in [2.24, 2.45) is 17.2 Å². The van der Waals surface area contributed by atoms with Crippen molar-refractivity contribution in [3.05, 3.63) is 125 Å². The van der Waals surface area contributed by atoms with Gasteiger partial charge in [0.2, 0.25) is 17.7 Å². The van der Waals surface area contributed by atoms with E-state index in [4.69, 9.17) is 26.7 Å². The molecule has 4 amide bonds. The van der Waals surface area contributed by atoms with Gasteiger partial charge in [-0.3, -0.25) is 19.2 Å². The summed E-state index contributed by atoms with van der Waals surface area (Å²) in [7, 11) is 1.42. The maximum atomic E-state index is 14.8. The number of aromatic nitrogens is 2. The van der Waals surface area contributed by atoms with E-state index in [-0.39, 0.29) is 51.5 Å². The quantitative estimate of drug-likeness (QED) is 0.0564. The zero-order valence-corrected chi connectivity index (χ0v) is 38.5. The number of alkyl halides is 3. The summed E-state index contributed by atoms with van der Waals surface area (Å²) < 4.78 is 53.5. The maximum absolute atomic E-state index is 14.8. The molecule has 0 radical (unpaired) electrons. The molecule has 0 fully saturated rings. The van der Waals surface area contributed by atoms with Gasteiger partial charge in [0.05, 0.1) is 12.2 Å². The lowest BCUT2D eigenvalue weighted by atomic mass is 9.93. The fourth-order valence-corrected chi connectivity index (χ4v) is 8.00. The predicted octanol–water partition coefficient (Wildman–Crippen LogP) is 5.74. The lowest BCUT2D eigenvalue weighted by molar-refractivity contribution is -0.141. The van der Waals surface area contributed by atoms with Gasteiger partial charge in [-0.15, -0.1) is 0 Å². The number of unbranched alkanes of at least 4 members (excludes halogenated alkanes) is 1. The molecule has 4 aromatic carbocycles. The Bertz CT molecular complexity index is 2520. The van der Waals surface area contributed by atoms with Gasteiger partial charge < -0.3 is 52.5 Å². The molecule has 6 rings (SSSR count). The Kier molecular flexibility index (Phi) is 17.4. The number of nitrogens with one attached hydrogen (secondary N) is 4. The molecule has 0 unspecified atom stereocenters. The second-order valence-electron chi connectivity index (χ2n) is 16.7. The van der Waals surface area contributed by atoms with Crippen molar-refractivity contribution in [3.63, 3.8) is 0 Å². The first-order valence-corrected chi connectivity index (χ1v) is 22.8. The van der Waals surface area contributed by atoms with Crippen LogP contribution in [-0.4, -0.2) is 90.5 Å². The Morgan fingerprint density at radius 3 is 2.07 bits per heavy atom. The highest BCUT2D eigenvalue weighted by molar-refractivity contribution is 5.99. The molecule has 0 spiro atoms. The molecule has 2 heterocycles. The summed E-state index contributed by atoms with van der Waals surface area (Å²) in [5, 5.41) is 8.33. The van der Waals surface area contributed by atoms with Crippen LogP contribution >= 0.6 is 0 Å². The van der Waals surface area contributed by atoms with Crippen LogP contribution in [0.15, 0.2) is 91.1 Å². The third kappa shape index (κ3) is 12.6. The molecule has 18 heteroatoms. The number of aromatic amines is 1. The fraction of sp³-hybridized carbons (Fsp3) is 0.380. The van der Waals surface area contributed by atoms with Gasteiger partial charge in [0.25, 0.3) is 5.91 Å². The van der Waals surface area contributed by atoms with Crippen LogP contribution in [0, 0.1) is 0 Å². The number of carbonyl (C=O) groups excluding carboxylic acids is 4. The Morgan fingerprint density at radius 2 is 1.47 bits per heavy atom. The summed E-state index contributed by atoms with van der Waals surface area (Å²) >= 11 is 0. The number of carbonyl (C=O) groups is 4. The molecule has 4 atom stereocenters. The predicted molar refractivity (Wildman–Crippen MR) is 252 cm³/mol. The number of rotatable bonds is 18. The first kappa shape index (κ1) is 50.6. The Balaban J connectivity index is 1.38. The van der Waals surface area contributed by atoms with E-state index in [9.17, 15) is 32.3 Å². The van der Waals surface area contributed by atoms with Crippen molar-refractivity contribution in [3.8, 4) is 33.8 Å². The van der Waals surface area contributed by atoms with E-state index >= 15 is 0 Å². The molecule has 362 valence electrons. The second-order valence-corrected chi connectivity index (χ2v) is 16.7. The van der Waals surface area contributed by atoms with Crippen LogP contribution in [0.4, 0.5) is 13.2 Å². The molecule has 0 aliphatic carbocycles. The number of nitrogens with zero attached hydrogens (tertiary/aromatic N) is 2. The summed E-state index contributed by atoms with van der Waals surface area (Å²) in [5.41, 5.74) is 21.7. The number of imidazole rings is 1. The number of ether oxygens (including phenoxy) is 2. The third-order valence-corrected chi connectivity index (χ3v) is 11.7. The number of hydrogen-bond donors (Lipinski definition) is 7. The maximum Gasteiger partial charge on any atom is 0.432 e. The minimum Gasteiger partial charge on any atom is -0.492 e. The van der Waals surface area contributed by atoms with Crippen molar-refractivity contribution in [1.82, 2.24) is 30.8 Å². The Labute approximate surface area is 393 Å². The minimum absolute atomic E-state index is 0.0348. The number of hydrogen-bond acceptors (Lipinski definition) is 10. The van der Waals surface area contributed by atoms with Gasteiger partial charge in [-0.05, 0) is 110 Å². The van der Waals surface area contributed by atoms with Crippen LogP contribution in [0.2, 0.25) is 0 Å². The highest BCUT2D eigenvalue weighted by atomic mass is 19.4. The van der Waals surface area contributed by atoms with Crippen molar-refractivity contribution in [2.45, 2.75) is 82.7 Å². The SMILES string of the molecule is CCCCc1ccc(-c2ccc(C(=O)N[C@@H](CCCN)C(=O)N(C)[C@@H]3C(=O)N[C@@H](C)C(=O)N[C@H](c4ncc(C(F)(F)F)[nH]4)Cc4ccc(OCCN)c(c4)-c4cc3ccc4OCCN)cc2)cc1. The molecule has 4 bridgehead atoms. The zero-order valence-electron chi connectivity index (χ0n) is 38.5. The third-order valence-electron chi connectivity index (χ3n) is 11.7. The molecule has 68 heavy (non-hydrogen) atoms. The van der Waals surface area contributed by atoms with E-state index < -0.39 is 59.7 Å². The molecule has 5 aromatic rings. The molecule has 10 N–H and O–H groups in total. The van der Waals surface area contributed by atoms with Crippen molar-refractivity contribution < 1.29 is 41.8 Å². The standard InChI is InChI=1S/C50H60F3N9O6/c1-4-5-7-31-9-12-33(13-10-31)34-14-16-35(17-15-34)47(64)59-39(8-6-21-54)49(66)62(3)44-36-18-20-42(68-25-23-56)38(28-36)37-26-32(11-19-41(37)67-24-22-55)27-40(60-46(63)30(2)58-48(44)65)45-57-29-43(61-45)50(51,52)53/h9-20,26,28-30,39-40,44H,4-8,21-25,27,54-56H2,1-3H3,(H,57,61)(H,58,65)(H,59,64)(H,60,63)/t30-,39-,40-,44-/m0/s1. The van der Waals surface area contributed by atoms with E-state index in [1.54, 1.807) is 48.5 Å². The largest absolute Gasteiger partial charge is 0.492 e. The summed E-state index contributed by atoms with van der Waals surface area (Å²) in [5.74, 6) is -2.13. The molecule has 15 nitrogen and oxygen atoms in total. The van der Waals surface area contributed by atoms with Crippen molar-refractivity contribution >= 4 is 23.6 Å². The van der Waals surface area contributed by atoms with Gasteiger partial charge >= 0.3 is 6.18 Å². The van der Waals surface area contributed by atoms with E-state index in [1.165, 1.54) is 24.4 Å². The van der Waals surface area contributed by atoms with E-state index in [1.807, 2.05) is 12.1 Å². The highest BCUT2D eigenvalue weighted by Gasteiger charge is 2.37. The summed E-state index contributed by atoms with van der Waals surface area (Å²) in [6.07, 6.45) is -0.425. The number of amides is 4. The van der Waals surface area contributed by atoms with Crippen LogP contribution in [0.5, 0.6) is 11.5 Å². The van der Waals surface area contributed by atoms with Crippen molar-refractivity contribution in [1.29, 1.82) is 0 Å². The Morgan fingerprint density at radius 1 is 0.838 bits per heavy atom. The monoisotopic (exact) mass is 939 g/mol. The van der Waals surface area contributed by atoms with Crippen LogP contribution in [0.25, 0.3) is 22.3 Å². The van der Waals surface area contributed by atoms with E-state index in [2.05, 4.69) is 57.1 Å². The normalized spacial score (nSPS) is 16.8. The summed E-state index contributed by atoms with van der Waals surface area (Å²) in [6, 6.07) is 20.4. The van der Waals surface area contributed by atoms with E-state index in [0.717, 1.165) is 30.4 Å². The van der Waals surface area contributed by atoms with Gasteiger partial charge in [-0.25, -0.2) is 4.98 Å². The van der Waals surface area contributed by atoms with Gasteiger partial charge in [-0.2, -0.15) is 13.2 Å². The lowest BCUT2D eigenvalue weighted by Crippen LogP contribution is -2.53. The topological polar surface area (TPSA) is 233 Å². The number of nitrogens with two attached hydrogens (primary N) is 3. The number of fused-ring (bicyclic) bond motifs is 5. The molecule has 0 saturated heterocycles. The first-order valence-electron chi connectivity index (χ1n) is 22.8. The van der Waals surface area contributed by atoms with Gasteiger partial charge in [-0.1, -0.05) is 61.9 Å². The molecular formula is C50H60F3N9O6. The lowest BCUT2D eigenvalue weighted by Gasteiger charge is -2.32. The number of H-pyrrole nitrogens is 1. The molecule has 1 aliphatic rings.